The normalized spacial score (nSPS) is 10.1. The lowest BCUT2D eigenvalue weighted by atomic mass is 10.0. The number of carbonyl (C=O) groups is 2. The van der Waals surface area contributed by atoms with Crippen LogP contribution in [-0.4, -0.2) is 25.9 Å². The molecule has 0 saturated heterocycles. The molecular formula is C18H20N2O2. The fraction of sp³-hybridized carbons (Fsp3) is 0.222. The standard InChI is InChI=1S/C18H20N2O2/c1-4-17(21)20(3)16-11-9-14(10-12-16)13-5-7-15(8-6-13)18(22)19-2/h5-12H,4H2,1-3H3,(H,19,22). The molecular weight excluding hydrogens is 276 g/mol. The Labute approximate surface area is 130 Å². The molecule has 0 fully saturated rings. The number of amides is 2. The van der Waals surface area contributed by atoms with Gasteiger partial charge in [0.15, 0.2) is 0 Å². The van der Waals surface area contributed by atoms with Crippen LogP contribution in [0.25, 0.3) is 11.1 Å². The molecule has 0 heterocycles. The van der Waals surface area contributed by atoms with Crippen LogP contribution in [0.3, 0.4) is 0 Å². The Kier molecular flexibility index (Phi) is 4.94. The van der Waals surface area contributed by atoms with E-state index in [4.69, 9.17) is 0 Å². The molecule has 114 valence electrons. The summed E-state index contributed by atoms with van der Waals surface area (Å²) in [6, 6.07) is 15.2. The molecule has 2 rings (SSSR count). The summed E-state index contributed by atoms with van der Waals surface area (Å²) in [4.78, 5) is 24.9. The summed E-state index contributed by atoms with van der Waals surface area (Å²) in [5.41, 5.74) is 3.59. The van der Waals surface area contributed by atoms with E-state index in [9.17, 15) is 9.59 Å². The average Bonchev–Trinajstić information content (AvgIpc) is 2.60. The second-order valence-corrected chi connectivity index (χ2v) is 5.01. The molecule has 4 nitrogen and oxygen atoms in total. The molecule has 0 aliphatic heterocycles. The first-order chi connectivity index (χ1) is 10.6. The van der Waals surface area contributed by atoms with E-state index in [0.29, 0.717) is 12.0 Å². The predicted molar refractivity (Wildman–Crippen MR) is 89.0 cm³/mol. The number of benzene rings is 2. The van der Waals surface area contributed by atoms with Crippen LogP contribution in [0.4, 0.5) is 5.69 Å². The maximum absolute atomic E-state index is 11.7. The Morgan fingerprint density at radius 3 is 1.91 bits per heavy atom. The Bertz CT molecular complexity index is 660. The van der Waals surface area contributed by atoms with Gasteiger partial charge in [-0.25, -0.2) is 0 Å². The summed E-state index contributed by atoms with van der Waals surface area (Å²) in [6.45, 7) is 1.85. The van der Waals surface area contributed by atoms with Crippen LogP contribution in [0.15, 0.2) is 48.5 Å². The van der Waals surface area contributed by atoms with Gasteiger partial charge in [-0.05, 0) is 35.4 Å². The van der Waals surface area contributed by atoms with Gasteiger partial charge in [0, 0.05) is 31.8 Å². The number of nitrogens with zero attached hydrogens (tertiary/aromatic N) is 1. The molecule has 0 aromatic heterocycles. The molecule has 2 amide bonds. The van der Waals surface area contributed by atoms with Crippen LogP contribution < -0.4 is 10.2 Å². The van der Waals surface area contributed by atoms with Gasteiger partial charge in [0.2, 0.25) is 5.91 Å². The third kappa shape index (κ3) is 3.34. The number of rotatable bonds is 4. The van der Waals surface area contributed by atoms with Gasteiger partial charge in [0.25, 0.3) is 5.91 Å². The summed E-state index contributed by atoms with van der Waals surface area (Å²) in [7, 11) is 3.39. The first kappa shape index (κ1) is 15.8. The highest BCUT2D eigenvalue weighted by atomic mass is 16.2. The summed E-state index contributed by atoms with van der Waals surface area (Å²) < 4.78 is 0. The zero-order valence-corrected chi connectivity index (χ0v) is 13.1. The van der Waals surface area contributed by atoms with Crippen molar-refractivity contribution >= 4 is 17.5 Å². The maximum atomic E-state index is 11.7. The van der Waals surface area contributed by atoms with Gasteiger partial charge in [0.05, 0.1) is 0 Å². The highest BCUT2D eigenvalue weighted by molar-refractivity contribution is 5.94. The fourth-order valence-corrected chi connectivity index (χ4v) is 2.22. The molecule has 1 N–H and O–H groups in total. The smallest absolute Gasteiger partial charge is 0.251 e. The third-order valence-corrected chi connectivity index (χ3v) is 3.64. The number of anilines is 1. The highest BCUT2D eigenvalue weighted by Crippen LogP contribution is 2.23. The summed E-state index contributed by atoms with van der Waals surface area (Å²) in [5, 5.41) is 2.60. The van der Waals surface area contributed by atoms with Crippen LogP contribution in [0.1, 0.15) is 23.7 Å². The Morgan fingerprint density at radius 2 is 1.45 bits per heavy atom. The molecule has 2 aromatic carbocycles. The first-order valence-corrected chi connectivity index (χ1v) is 7.26. The van der Waals surface area contributed by atoms with Gasteiger partial charge >= 0.3 is 0 Å². The molecule has 0 radical (unpaired) electrons. The van der Waals surface area contributed by atoms with Gasteiger partial charge in [-0.15, -0.1) is 0 Å². The zero-order chi connectivity index (χ0) is 16.1. The van der Waals surface area contributed by atoms with Crippen molar-refractivity contribution in [3.8, 4) is 11.1 Å². The molecule has 0 spiro atoms. The summed E-state index contributed by atoms with van der Waals surface area (Å²) >= 11 is 0. The van der Waals surface area contributed by atoms with Crippen molar-refractivity contribution in [3.63, 3.8) is 0 Å². The maximum Gasteiger partial charge on any atom is 0.251 e. The van der Waals surface area contributed by atoms with Crippen molar-refractivity contribution in [2.45, 2.75) is 13.3 Å². The van der Waals surface area contributed by atoms with Crippen LogP contribution in [-0.2, 0) is 4.79 Å². The van der Waals surface area contributed by atoms with E-state index in [-0.39, 0.29) is 11.8 Å². The van der Waals surface area contributed by atoms with E-state index in [0.717, 1.165) is 16.8 Å². The van der Waals surface area contributed by atoms with Crippen molar-refractivity contribution in [3.05, 3.63) is 54.1 Å². The second kappa shape index (κ2) is 6.89. The molecule has 0 atom stereocenters. The highest BCUT2D eigenvalue weighted by Gasteiger charge is 2.08. The van der Waals surface area contributed by atoms with E-state index in [1.807, 2.05) is 43.3 Å². The topological polar surface area (TPSA) is 49.4 Å². The van der Waals surface area contributed by atoms with Crippen molar-refractivity contribution in [1.29, 1.82) is 0 Å². The summed E-state index contributed by atoms with van der Waals surface area (Å²) in [6.07, 6.45) is 0.485. The number of hydrogen-bond acceptors (Lipinski definition) is 2. The molecule has 22 heavy (non-hydrogen) atoms. The van der Waals surface area contributed by atoms with Crippen LogP contribution >= 0.6 is 0 Å². The van der Waals surface area contributed by atoms with E-state index in [2.05, 4.69) is 5.32 Å². The molecule has 2 aromatic rings. The molecule has 0 aliphatic rings. The predicted octanol–water partition coefficient (Wildman–Crippen LogP) is 3.09. The Balaban J connectivity index is 2.20. The minimum Gasteiger partial charge on any atom is -0.355 e. The Hall–Kier alpha value is -2.62. The SMILES string of the molecule is CCC(=O)N(C)c1ccc(-c2ccc(C(=O)NC)cc2)cc1. The molecule has 0 bridgehead atoms. The summed E-state index contributed by atoms with van der Waals surface area (Å²) in [5.74, 6) is -0.00992. The number of carbonyl (C=O) groups excluding carboxylic acids is 2. The number of hydrogen-bond donors (Lipinski definition) is 1. The first-order valence-electron chi connectivity index (χ1n) is 7.26. The van der Waals surface area contributed by atoms with Crippen LogP contribution in [0, 0.1) is 0 Å². The minimum absolute atomic E-state index is 0.0858. The number of nitrogens with one attached hydrogen (secondary N) is 1. The monoisotopic (exact) mass is 296 g/mol. The quantitative estimate of drug-likeness (QED) is 0.942. The van der Waals surface area contributed by atoms with Crippen molar-refractivity contribution in [2.24, 2.45) is 0 Å². The van der Waals surface area contributed by atoms with Gasteiger partial charge in [-0.1, -0.05) is 31.2 Å². The van der Waals surface area contributed by atoms with Gasteiger partial charge in [-0.2, -0.15) is 0 Å². The van der Waals surface area contributed by atoms with E-state index in [1.165, 1.54) is 0 Å². The second-order valence-electron chi connectivity index (χ2n) is 5.01. The van der Waals surface area contributed by atoms with Crippen LogP contribution in [0.5, 0.6) is 0 Å². The van der Waals surface area contributed by atoms with Gasteiger partial charge < -0.3 is 10.2 Å². The van der Waals surface area contributed by atoms with Crippen molar-refractivity contribution in [2.75, 3.05) is 19.0 Å². The minimum atomic E-state index is -0.0957. The van der Waals surface area contributed by atoms with E-state index in [1.54, 1.807) is 31.1 Å². The molecule has 4 heteroatoms. The average molecular weight is 296 g/mol. The van der Waals surface area contributed by atoms with Gasteiger partial charge in [0.1, 0.15) is 0 Å². The lowest BCUT2D eigenvalue weighted by Crippen LogP contribution is -2.24. The largest absolute Gasteiger partial charge is 0.355 e. The fourth-order valence-electron chi connectivity index (χ4n) is 2.22. The lowest BCUT2D eigenvalue weighted by Gasteiger charge is -2.16. The van der Waals surface area contributed by atoms with Crippen LogP contribution in [0.2, 0.25) is 0 Å². The van der Waals surface area contributed by atoms with E-state index >= 15 is 0 Å². The molecule has 0 unspecified atom stereocenters. The molecule has 0 aliphatic carbocycles. The third-order valence-electron chi connectivity index (χ3n) is 3.64. The van der Waals surface area contributed by atoms with Crippen molar-refractivity contribution < 1.29 is 9.59 Å². The lowest BCUT2D eigenvalue weighted by molar-refractivity contribution is -0.118. The van der Waals surface area contributed by atoms with Gasteiger partial charge in [-0.3, -0.25) is 9.59 Å². The molecule has 0 saturated carbocycles. The van der Waals surface area contributed by atoms with Crippen molar-refractivity contribution in [1.82, 2.24) is 5.32 Å². The van der Waals surface area contributed by atoms with E-state index < -0.39 is 0 Å². The zero-order valence-electron chi connectivity index (χ0n) is 13.1. The Morgan fingerprint density at radius 1 is 0.955 bits per heavy atom.